The summed E-state index contributed by atoms with van der Waals surface area (Å²) in [5.41, 5.74) is 5.18. The highest BCUT2D eigenvalue weighted by molar-refractivity contribution is 6.15. The molecule has 0 spiro atoms. The standard InChI is InChI=1S/C23H27NO5/c1-6-29-24-17(4)20-11-16(3)22(12-15(20)2)28-13-18-9-7-8-10-19(18)21(14-27-5)23(25)26/h7-12,14H,6,13H2,1-5H3,(H,25,26). The van der Waals surface area contributed by atoms with E-state index in [0.717, 1.165) is 33.7 Å². The Labute approximate surface area is 171 Å². The lowest BCUT2D eigenvalue weighted by molar-refractivity contribution is -0.130. The number of benzene rings is 2. The lowest BCUT2D eigenvalue weighted by Gasteiger charge is -2.15. The van der Waals surface area contributed by atoms with Crippen LogP contribution in [-0.4, -0.2) is 30.5 Å². The molecule has 154 valence electrons. The van der Waals surface area contributed by atoms with E-state index in [1.807, 2.05) is 52.0 Å². The number of aryl methyl sites for hydroxylation is 2. The third kappa shape index (κ3) is 5.60. The first-order chi connectivity index (χ1) is 13.9. The van der Waals surface area contributed by atoms with Crippen LogP contribution >= 0.6 is 0 Å². The van der Waals surface area contributed by atoms with Crippen molar-refractivity contribution in [2.75, 3.05) is 13.7 Å². The van der Waals surface area contributed by atoms with Gasteiger partial charge in [-0.15, -0.1) is 0 Å². The van der Waals surface area contributed by atoms with Gasteiger partial charge in [0.25, 0.3) is 0 Å². The van der Waals surface area contributed by atoms with Crippen molar-refractivity contribution in [3.63, 3.8) is 0 Å². The van der Waals surface area contributed by atoms with Crippen molar-refractivity contribution in [1.29, 1.82) is 0 Å². The Hall–Kier alpha value is -3.28. The van der Waals surface area contributed by atoms with Gasteiger partial charge in [-0.05, 0) is 62.1 Å². The van der Waals surface area contributed by atoms with E-state index in [2.05, 4.69) is 5.16 Å². The Bertz CT molecular complexity index is 931. The van der Waals surface area contributed by atoms with Gasteiger partial charge in [-0.3, -0.25) is 0 Å². The number of carbonyl (C=O) groups is 1. The number of aliphatic carboxylic acids is 1. The fourth-order valence-electron chi connectivity index (χ4n) is 2.96. The molecule has 6 nitrogen and oxygen atoms in total. The normalized spacial score (nSPS) is 11.9. The number of nitrogens with zero attached hydrogens (tertiary/aromatic N) is 1. The first-order valence-electron chi connectivity index (χ1n) is 9.34. The predicted octanol–water partition coefficient (Wildman–Crippen LogP) is 4.71. The number of hydrogen-bond acceptors (Lipinski definition) is 5. The van der Waals surface area contributed by atoms with Crippen LogP contribution in [-0.2, 0) is 21.0 Å². The van der Waals surface area contributed by atoms with E-state index in [4.69, 9.17) is 14.3 Å². The molecule has 2 rings (SSSR count). The van der Waals surface area contributed by atoms with Crippen LogP contribution < -0.4 is 4.74 Å². The fraction of sp³-hybridized carbons (Fsp3) is 0.304. The molecule has 2 aromatic carbocycles. The highest BCUT2D eigenvalue weighted by atomic mass is 16.6. The molecular formula is C23H27NO5. The number of ether oxygens (including phenoxy) is 2. The molecule has 0 fully saturated rings. The Morgan fingerprint density at radius 1 is 1.14 bits per heavy atom. The van der Waals surface area contributed by atoms with Gasteiger partial charge in [0, 0.05) is 5.56 Å². The minimum absolute atomic E-state index is 0.0812. The summed E-state index contributed by atoms with van der Waals surface area (Å²) in [5.74, 6) is -0.322. The second kappa shape index (κ2) is 10.3. The summed E-state index contributed by atoms with van der Waals surface area (Å²) in [6.45, 7) is 8.50. The van der Waals surface area contributed by atoms with E-state index in [1.54, 1.807) is 12.1 Å². The summed E-state index contributed by atoms with van der Waals surface area (Å²) < 4.78 is 11.0. The average molecular weight is 397 g/mol. The van der Waals surface area contributed by atoms with Crippen LogP contribution in [0.3, 0.4) is 0 Å². The van der Waals surface area contributed by atoms with Crippen molar-refractivity contribution in [3.05, 3.63) is 70.5 Å². The van der Waals surface area contributed by atoms with Gasteiger partial charge in [0.1, 0.15) is 24.5 Å². The number of hydrogen-bond donors (Lipinski definition) is 1. The van der Waals surface area contributed by atoms with E-state index in [0.29, 0.717) is 12.2 Å². The van der Waals surface area contributed by atoms with Crippen molar-refractivity contribution in [2.24, 2.45) is 5.16 Å². The molecule has 0 unspecified atom stereocenters. The zero-order valence-corrected chi connectivity index (χ0v) is 17.5. The fourth-order valence-corrected chi connectivity index (χ4v) is 2.96. The molecule has 0 heterocycles. The molecule has 0 aliphatic rings. The first kappa shape index (κ1) is 22.0. The third-order valence-electron chi connectivity index (χ3n) is 4.40. The van der Waals surface area contributed by atoms with Crippen LogP contribution in [0.15, 0.2) is 47.8 Å². The van der Waals surface area contributed by atoms with E-state index < -0.39 is 5.97 Å². The van der Waals surface area contributed by atoms with Gasteiger partial charge in [-0.25, -0.2) is 4.79 Å². The number of methoxy groups -OCH3 is 1. The maximum Gasteiger partial charge on any atom is 0.339 e. The predicted molar refractivity (Wildman–Crippen MR) is 113 cm³/mol. The zero-order chi connectivity index (χ0) is 21.4. The van der Waals surface area contributed by atoms with E-state index in [9.17, 15) is 9.90 Å². The summed E-state index contributed by atoms with van der Waals surface area (Å²) in [7, 11) is 1.42. The SMILES string of the molecule is CCON=C(C)c1cc(C)c(OCc2ccccc2C(=COC)C(=O)O)cc1C. The third-order valence-corrected chi connectivity index (χ3v) is 4.40. The van der Waals surface area contributed by atoms with Gasteiger partial charge < -0.3 is 19.4 Å². The summed E-state index contributed by atoms with van der Waals surface area (Å²) in [5, 5.41) is 13.6. The molecule has 2 aromatic rings. The molecule has 1 N–H and O–H groups in total. The molecule has 29 heavy (non-hydrogen) atoms. The highest BCUT2D eigenvalue weighted by Gasteiger charge is 2.16. The van der Waals surface area contributed by atoms with Gasteiger partial charge in [-0.1, -0.05) is 29.4 Å². The van der Waals surface area contributed by atoms with Crippen LogP contribution in [0, 0.1) is 13.8 Å². The minimum Gasteiger partial charge on any atom is -0.503 e. The van der Waals surface area contributed by atoms with Crippen molar-refractivity contribution in [2.45, 2.75) is 34.3 Å². The van der Waals surface area contributed by atoms with Crippen molar-refractivity contribution in [1.82, 2.24) is 0 Å². The summed E-state index contributed by atoms with van der Waals surface area (Å²) in [6, 6.07) is 11.2. The Balaban J connectivity index is 2.28. The van der Waals surface area contributed by atoms with Crippen LogP contribution in [0.5, 0.6) is 5.75 Å². The van der Waals surface area contributed by atoms with Crippen molar-refractivity contribution < 1.29 is 24.2 Å². The van der Waals surface area contributed by atoms with Gasteiger partial charge in [-0.2, -0.15) is 0 Å². The topological polar surface area (TPSA) is 77.3 Å². The Kier molecular flexibility index (Phi) is 7.83. The second-order valence-electron chi connectivity index (χ2n) is 6.55. The van der Waals surface area contributed by atoms with Gasteiger partial charge in [0.05, 0.1) is 19.1 Å². The Morgan fingerprint density at radius 3 is 2.52 bits per heavy atom. The van der Waals surface area contributed by atoms with Crippen LogP contribution in [0.2, 0.25) is 0 Å². The summed E-state index contributed by atoms with van der Waals surface area (Å²) >= 11 is 0. The molecule has 0 aliphatic heterocycles. The molecular weight excluding hydrogens is 370 g/mol. The van der Waals surface area contributed by atoms with Crippen molar-refractivity contribution in [3.8, 4) is 5.75 Å². The molecule has 0 aromatic heterocycles. The molecule has 0 atom stereocenters. The minimum atomic E-state index is -1.06. The summed E-state index contributed by atoms with van der Waals surface area (Å²) in [4.78, 5) is 16.7. The molecule has 0 bridgehead atoms. The molecule has 0 amide bonds. The van der Waals surface area contributed by atoms with Crippen LogP contribution in [0.4, 0.5) is 0 Å². The smallest absolute Gasteiger partial charge is 0.339 e. The quantitative estimate of drug-likeness (QED) is 0.287. The number of carboxylic acid groups (broad SMARTS) is 1. The molecule has 6 heteroatoms. The summed E-state index contributed by atoms with van der Waals surface area (Å²) in [6.07, 6.45) is 1.23. The number of rotatable bonds is 9. The lowest BCUT2D eigenvalue weighted by atomic mass is 10.0. The molecule has 0 radical (unpaired) electrons. The van der Waals surface area contributed by atoms with Gasteiger partial charge >= 0.3 is 5.97 Å². The van der Waals surface area contributed by atoms with Crippen LogP contribution in [0.25, 0.3) is 5.57 Å². The Morgan fingerprint density at radius 2 is 1.86 bits per heavy atom. The maximum atomic E-state index is 11.6. The van der Waals surface area contributed by atoms with Crippen LogP contribution in [0.1, 0.15) is 41.7 Å². The second-order valence-corrected chi connectivity index (χ2v) is 6.55. The monoisotopic (exact) mass is 397 g/mol. The molecule has 0 saturated heterocycles. The van der Waals surface area contributed by atoms with Crippen molar-refractivity contribution >= 4 is 17.3 Å². The van der Waals surface area contributed by atoms with E-state index in [1.165, 1.54) is 13.4 Å². The highest BCUT2D eigenvalue weighted by Crippen LogP contribution is 2.26. The van der Waals surface area contributed by atoms with Gasteiger partial charge in [0.2, 0.25) is 0 Å². The first-order valence-corrected chi connectivity index (χ1v) is 9.34. The van der Waals surface area contributed by atoms with Gasteiger partial charge in [0.15, 0.2) is 0 Å². The largest absolute Gasteiger partial charge is 0.503 e. The lowest BCUT2D eigenvalue weighted by Crippen LogP contribution is -2.07. The van der Waals surface area contributed by atoms with E-state index in [-0.39, 0.29) is 12.2 Å². The number of oxime groups is 1. The molecule has 0 aliphatic carbocycles. The zero-order valence-electron chi connectivity index (χ0n) is 17.5. The van der Waals surface area contributed by atoms with E-state index >= 15 is 0 Å². The molecule has 0 saturated carbocycles. The maximum absolute atomic E-state index is 11.6. The average Bonchev–Trinajstić information content (AvgIpc) is 2.70. The number of carboxylic acids is 1.